The van der Waals surface area contributed by atoms with Gasteiger partial charge in [-0.25, -0.2) is 0 Å². The maximum absolute atomic E-state index is 15.1. The van der Waals surface area contributed by atoms with Gasteiger partial charge in [0.2, 0.25) is 65.0 Å². The Labute approximate surface area is 513 Å². The monoisotopic (exact) mass is 1220 g/mol. The second-order valence-electron chi connectivity index (χ2n) is 26.4. The van der Waals surface area contributed by atoms with Crippen molar-refractivity contribution in [2.75, 3.05) is 55.9 Å². The number of allylic oxidation sites excluding steroid dienone is 2. The van der Waals surface area contributed by atoms with Crippen LogP contribution in [0.1, 0.15) is 150 Å². The topological polar surface area (TPSA) is 299 Å². The van der Waals surface area contributed by atoms with E-state index in [0.29, 0.717) is 0 Å². The summed E-state index contributed by atoms with van der Waals surface area (Å²) in [5, 5.41) is 34.0. The minimum atomic E-state index is -1.74. The number of nitrogens with zero attached hydrogens (tertiary/aromatic N) is 7. The minimum Gasteiger partial charge on any atom is -0.391 e. The third kappa shape index (κ3) is 21.6. The lowest BCUT2D eigenvalue weighted by Gasteiger charge is -2.41. The van der Waals surface area contributed by atoms with Crippen molar-refractivity contribution >= 4 is 65.0 Å². The van der Waals surface area contributed by atoms with Crippen molar-refractivity contribution in [1.82, 2.24) is 55.6 Å². The molecule has 492 valence electrons. The van der Waals surface area contributed by atoms with E-state index in [9.17, 15) is 53.4 Å². The summed E-state index contributed by atoms with van der Waals surface area (Å²) in [5.41, 5.74) is 0. The first kappa shape index (κ1) is 77.8. The first-order valence-electron chi connectivity index (χ1n) is 30.6. The standard InChI is InChI=1S/C62H111N11O13/c1-25-26-27-39(14)52(76)51-56(80)66-49(42(17)74)60(84)67(18)32-47(75)68(19)43(28-33(2)3)55(79)65-48(37(10)11)61(85)69(20)44(29-34(4)5)54(78)63-40(15)53(77)64-41(16)57(81)70(21)45(30-35(6)7)58(82)71(22)46(31-36(8)9)59(83)72(23)50(38(12)13)62(86)73(51)24/h25-26,33-46,48-52,74,76H,27-32H2,1-24H3,(H,63,78)(H,64,77)(H,65,79)(H,66,80)/b26-25+/t39-,40+,41-,42-,43+,44+,45-,46+,48+,49+,50+,51?,52-/m1/s1. The molecule has 24 nitrogen and oxygen atoms in total. The quantitative estimate of drug-likeness (QED) is 0.129. The minimum absolute atomic E-state index is 0.113. The molecule has 1 rings (SSSR count). The Hall–Kier alpha value is -6.17. The van der Waals surface area contributed by atoms with E-state index < -0.39 is 162 Å². The van der Waals surface area contributed by atoms with Crippen LogP contribution in [0.25, 0.3) is 0 Å². The smallest absolute Gasteiger partial charge is 0.248 e. The number of hydrogen-bond acceptors (Lipinski definition) is 13. The van der Waals surface area contributed by atoms with Gasteiger partial charge in [0, 0.05) is 49.3 Å². The van der Waals surface area contributed by atoms with Crippen molar-refractivity contribution in [1.29, 1.82) is 0 Å². The molecule has 0 aromatic rings. The highest BCUT2D eigenvalue weighted by molar-refractivity contribution is 5.99. The number of likely N-dealkylation sites (N-methyl/N-ethyl adjacent to an activating group) is 7. The van der Waals surface area contributed by atoms with E-state index in [0.717, 1.165) is 14.7 Å². The highest BCUT2D eigenvalue weighted by atomic mass is 16.3. The Balaban J connectivity index is 4.37. The zero-order chi connectivity index (χ0) is 66.8. The molecular formula is C62H111N11O13. The van der Waals surface area contributed by atoms with Crippen molar-refractivity contribution in [3.05, 3.63) is 12.2 Å². The molecule has 1 aliphatic heterocycles. The molecule has 1 fully saturated rings. The lowest BCUT2D eigenvalue weighted by Crippen LogP contribution is -2.64. The Morgan fingerprint density at radius 1 is 0.430 bits per heavy atom. The van der Waals surface area contributed by atoms with Gasteiger partial charge >= 0.3 is 0 Å². The van der Waals surface area contributed by atoms with E-state index in [2.05, 4.69) is 21.3 Å². The van der Waals surface area contributed by atoms with Crippen LogP contribution >= 0.6 is 0 Å². The van der Waals surface area contributed by atoms with Gasteiger partial charge in [0.05, 0.1) is 18.8 Å². The maximum Gasteiger partial charge on any atom is 0.248 e. The van der Waals surface area contributed by atoms with E-state index in [1.807, 2.05) is 55.4 Å². The van der Waals surface area contributed by atoms with Crippen molar-refractivity contribution in [2.45, 2.75) is 222 Å². The van der Waals surface area contributed by atoms with Crippen LogP contribution in [0.5, 0.6) is 0 Å². The van der Waals surface area contributed by atoms with Crippen molar-refractivity contribution in [3.63, 3.8) is 0 Å². The summed E-state index contributed by atoms with van der Waals surface area (Å²) in [7, 11) is 9.62. The molecule has 24 heteroatoms. The fourth-order valence-electron chi connectivity index (χ4n) is 10.7. The number of carbonyl (C=O) groups is 11. The van der Waals surface area contributed by atoms with Gasteiger partial charge in [-0.2, -0.15) is 0 Å². The number of aliphatic hydroxyl groups excluding tert-OH is 2. The second kappa shape index (κ2) is 35.0. The van der Waals surface area contributed by atoms with Gasteiger partial charge in [-0.05, 0) is 101 Å². The Morgan fingerprint density at radius 3 is 1.27 bits per heavy atom. The average molecular weight is 1220 g/mol. The lowest BCUT2D eigenvalue weighted by molar-refractivity contribution is -0.157. The van der Waals surface area contributed by atoms with Crippen molar-refractivity contribution in [2.24, 2.45) is 41.4 Å². The van der Waals surface area contributed by atoms with E-state index in [4.69, 9.17) is 0 Å². The molecule has 13 atom stereocenters. The molecule has 6 N–H and O–H groups in total. The molecule has 0 aliphatic carbocycles. The van der Waals surface area contributed by atoms with Gasteiger partial charge in [-0.15, -0.1) is 0 Å². The first-order valence-corrected chi connectivity index (χ1v) is 30.6. The molecule has 0 radical (unpaired) electrons. The van der Waals surface area contributed by atoms with Crippen molar-refractivity contribution in [3.8, 4) is 0 Å². The van der Waals surface area contributed by atoms with Gasteiger partial charge in [-0.3, -0.25) is 52.7 Å². The Morgan fingerprint density at radius 2 is 0.826 bits per heavy atom. The summed E-state index contributed by atoms with van der Waals surface area (Å²) < 4.78 is 0. The normalized spacial score (nSPS) is 27.1. The van der Waals surface area contributed by atoms with Crippen LogP contribution in [0, 0.1) is 41.4 Å². The number of hydrogen-bond donors (Lipinski definition) is 6. The third-order valence-electron chi connectivity index (χ3n) is 16.1. The van der Waals surface area contributed by atoms with Crippen LogP contribution in [-0.4, -0.2) is 238 Å². The second-order valence-corrected chi connectivity index (χ2v) is 26.4. The Bertz CT molecular complexity index is 2360. The predicted octanol–water partition coefficient (Wildman–Crippen LogP) is 2.24. The van der Waals surface area contributed by atoms with Crippen molar-refractivity contribution < 1.29 is 63.0 Å². The molecule has 0 bridgehead atoms. The molecule has 1 saturated heterocycles. The largest absolute Gasteiger partial charge is 0.391 e. The van der Waals surface area contributed by atoms with E-state index >= 15 is 9.59 Å². The molecule has 1 aliphatic rings. The highest BCUT2D eigenvalue weighted by Gasteiger charge is 2.46. The summed E-state index contributed by atoms with van der Waals surface area (Å²) in [6, 6.07) is -13.2. The predicted molar refractivity (Wildman–Crippen MR) is 330 cm³/mol. The summed E-state index contributed by atoms with van der Waals surface area (Å²) in [6.07, 6.45) is 1.10. The van der Waals surface area contributed by atoms with Crippen LogP contribution in [0.2, 0.25) is 0 Å². The fourth-order valence-corrected chi connectivity index (χ4v) is 10.7. The highest BCUT2D eigenvalue weighted by Crippen LogP contribution is 2.26. The molecule has 1 unspecified atom stereocenters. The Kier molecular flexibility index (Phi) is 31.7. The van der Waals surface area contributed by atoms with Gasteiger partial charge in [0.25, 0.3) is 0 Å². The fraction of sp³-hybridized carbons (Fsp3) is 0.790. The van der Waals surface area contributed by atoms with Crippen LogP contribution in [-0.2, 0) is 52.7 Å². The van der Waals surface area contributed by atoms with Gasteiger partial charge in [0.15, 0.2) is 0 Å². The summed E-state index contributed by atoms with van der Waals surface area (Å²) >= 11 is 0. The molecule has 0 aromatic carbocycles. The first-order chi connectivity index (χ1) is 39.6. The van der Waals surface area contributed by atoms with E-state index in [1.165, 1.54) is 89.7 Å². The lowest BCUT2D eigenvalue weighted by atomic mass is 9.91. The molecular weight excluding hydrogens is 1110 g/mol. The number of aliphatic hydroxyl groups is 2. The van der Waals surface area contributed by atoms with Crippen LogP contribution in [0.4, 0.5) is 0 Å². The van der Waals surface area contributed by atoms with Crippen LogP contribution in [0.3, 0.4) is 0 Å². The summed E-state index contributed by atoms with van der Waals surface area (Å²) in [6.45, 7) is 28.5. The molecule has 11 amide bonds. The van der Waals surface area contributed by atoms with E-state index in [-0.39, 0.29) is 55.8 Å². The summed E-state index contributed by atoms with van der Waals surface area (Å²) in [5.74, 6) is -10.7. The maximum atomic E-state index is 15.1. The third-order valence-corrected chi connectivity index (χ3v) is 16.1. The molecule has 0 aromatic heterocycles. The van der Waals surface area contributed by atoms with Gasteiger partial charge in [-0.1, -0.05) is 102 Å². The van der Waals surface area contributed by atoms with Gasteiger partial charge in [0.1, 0.15) is 60.4 Å². The number of amides is 11. The number of nitrogens with one attached hydrogen (secondary N) is 4. The number of carbonyl (C=O) groups excluding carboxylic acids is 11. The molecule has 0 spiro atoms. The zero-order valence-electron chi connectivity index (χ0n) is 56.4. The average Bonchev–Trinajstić information content (AvgIpc) is 2.16. The molecule has 0 saturated carbocycles. The number of rotatable bonds is 15. The summed E-state index contributed by atoms with van der Waals surface area (Å²) in [4.78, 5) is 168. The van der Waals surface area contributed by atoms with Crippen LogP contribution in [0.15, 0.2) is 12.2 Å². The SMILES string of the molecule is C/C=C/C[C@@H](C)[C@@H](O)C1C(=O)N[C@@H]([C@@H](C)O)C(=O)N(C)CC(=O)N(C)[C@@H](CC(C)C)C(=O)N[C@@H](C(C)C)C(=O)N(C)[C@@H](CC(C)C)C(=O)N[C@@H](C)C(=O)N[C@H](C)C(=O)N(C)[C@H](CC(C)C)C(=O)N(C)[C@@H](CC(C)C)C(=O)N(C)[C@@H](C(C)C)C(=O)N1C. The van der Waals surface area contributed by atoms with Gasteiger partial charge < -0.3 is 65.8 Å². The molecule has 86 heavy (non-hydrogen) atoms. The van der Waals surface area contributed by atoms with Crippen LogP contribution < -0.4 is 21.3 Å². The molecule has 1 heterocycles. The van der Waals surface area contributed by atoms with E-state index in [1.54, 1.807) is 53.7 Å². The zero-order valence-corrected chi connectivity index (χ0v) is 56.4.